The molecule has 7 heteroatoms. The SMILES string of the molecule is CC(NCCN)NC(=O)C(C)N1C(=O)C=CC1=O. The van der Waals surface area contributed by atoms with Gasteiger partial charge < -0.3 is 11.1 Å². The van der Waals surface area contributed by atoms with E-state index < -0.39 is 23.8 Å². The van der Waals surface area contributed by atoms with Crippen LogP contribution in [0.25, 0.3) is 0 Å². The Bertz CT molecular complexity index is 362. The largest absolute Gasteiger partial charge is 0.339 e. The highest BCUT2D eigenvalue weighted by Crippen LogP contribution is 2.08. The van der Waals surface area contributed by atoms with Crippen LogP contribution in [-0.4, -0.2) is 47.9 Å². The molecule has 2 atom stereocenters. The third-order valence-electron chi connectivity index (χ3n) is 2.56. The monoisotopic (exact) mass is 254 g/mol. The Kier molecular flexibility index (Phi) is 4.99. The van der Waals surface area contributed by atoms with Crippen LogP contribution < -0.4 is 16.4 Å². The zero-order valence-corrected chi connectivity index (χ0v) is 10.5. The third kappa shape index (κ3) is 3.38. The van der Waals surface area contributed by atoms with Crippen molar-refractivity contribution in [2.24, 2.45) is 5.73 Å². The maximum Gasteiger partial charge on any atom is 0.254 e. The van der Waals surface area contributed by atoms with Crippen LogP contribution in [0.3, 0.4) is 0 Å². The molecule has 4 N–H and O–H groups in total. The van der Waals surface area contributed by atoms with Crippen molar-refractivity contribution < 1.29 is 14.4 Å². The van der Waals surface area contributed by atoms with E-state index in [1.54, 1.807) is 6.92 Å². The summed E-state index contributed by atoms with van der Waals surface area (Å²) in [6, 6.07) is -0.831. The van der Waals surface area contributed by atoms with Crippen LogP contribution in [-0.2, 0) is 14.4 Å². The summed E-state index contributed by atoms with van der Waals surface area (Å²) >= 11 is 0. The summed E-state index contributed by atoms with van der Waals surface area (Å²) in [7, 11) is 0. The van der Waals surface area contributed by atoms with Crippen molar-refractivity contribution in [3.63, 3.8) is 0 Å². The number of hydrogen-bond donors (Lipinski definition) is 3. The summed E-state index contributed by atoms with van der Waals surface area (Å²) in [6.07, 6.45) is 2.04. The minimum absolute atomic E-state index is 0.274. The molecule has 0 aromatic heterocycles. The molecular weight excluding hydrogens is 236 g/mol. The number of carbonyl (C=O) groups is 3. The summed E-state index contributed by atoms with van der Waals surface area (Å²) in [5.41, 5.74) is 5.32. The molecular formula is C11H18N4O3. The van der Waals surface area contributed by atoms with Crippen molar-refractivity contribution in [1.29, 1.82) is 0 Å². The van der Waals surface area contributed by atoms with Crippen LogP contribution in [0, 0.1) is 0 Å². The second-order valence-electron chi connectivity index (χ2n) is 4.03. The third-order valence-corrected chi connectivity index (χ3v) is 2.56. The number of nitrogens with zero attached hydrogens (tertiary/aromatic N) is 1. The van der Waals surface area contributed by atoms with Gasteiger partial charge >= 0.3 is 0 Å². The summed E-state index contributed by atoms with van der Waals surface area (Å²) in [4.78, 5) is 35.5. The molecule has 1 aliphatic heterocycles. The van der Waals surface area contributed by atoms with Crippen molar-refractivity contribution in [2.75, 3.05) is 13.1 Å². The number of hydrogen-bond acceptors (Lipinski definition) is 5. The molecule has 0 aliphatic carbocycles. The van der Waals surface area contributed by atoms with E-state index in [1.807, 2.05) is 0 Å². The molecule has 18 heavy (non-hydrogen) atoms. The fourth-order valence-electron chi connectivity index (χ4n) is 1.60. The summed E-state index contributed by atoms with van der Waals surface area (Å²) in [6.45, 7) is 4.29. The van der Waals surface area contributed by atoms with Crippen molar-refractivity contribution in [2.45, 2.75) is 26.1 Å². The maximum absolute atomic E-state index is 11.8. The normalized spacial score (nSPS) is 18.1. The van der Waals surface area contributed by atoms with Gasteiger partial charge in [0, 0.05) is 25.2 Å². The topological polar surface area (TPSA) is 105 Å². The lowest BCUT2D eigenvalue weighted by Gasteiger charge is -2.24. The first kappa shape index (κ1) is 14.3. The number of rotatable bonds is 6. The van der Waals surface area contributed by atoms with Crippen molar-refractivity contribution >= 4 is 17.7 Å². The van der Waals surface area contributed by atoms with Crippen molar-refractivity contribution in [1.82, 2.24) is 15.5 Å². The molecule has 1 rings (SSSR count). The van der Waals surface area contributed by atoms with E-state index >= 15 is 0 Å². The molecule has 100 valence electrons. The number of nitrogens with two attached hydrogens (primary N) is 1. The minimum atomic E-state index is -0.831. The Hall–Kier alpha value is -1.73. The van der Waals surface area contributed by atoms with Crippen LogP contribution in [0.2, 0.25) is 0 Å². The number of carbonyl (C=O) groups excluding carboxylic acids is 3. The molecule has 1 aliphatic rings. The van der Waals surface area contributed by atoms with Gasteiger partial charge in [-0.2, -0.15) is 0 Å². The van der Waals surface area contributed by atoms with Crippen LogP contribution in [0.4, 0.5) is 0 Å². The first-order valence-corrected chi connectivity index (χ1v) is 5.76. The van der Waals surface area contributed by atoms with Gasteiger partial charge in [0.15, 0.2) is 0 Å². The Morgan fingerprint density at radius 2 is 1.89 bits per heavy atom. The van der Waals surface area contributed by atoms with E-state index in [1.165, 1.54) is 6.92 Å². The first-order chi connectivity index (χ1) is 8.47. The summed E-state index contributed by atoms with van der Waals surface area (Å²) in [5, 5.41) is 5.62. The van der Waals surface area contributed by atoms with E-state index in [-0.39, 0.29) is 6.17 Å². The second-order valence-corrected chi connectivity index (χ2v) is 4.03. The first-order valence-electron chi connectivity index (χ1n) is 5.76. The van der Waals surface area contributed by atoms with E-state index in [9.17, 15) is 14.4 Å². The van der Waals surface area contributed by atoms with Gasteiger partial charge in [-0.3, -0.25) is 24.6 Å². The quantitative estimate of drug-likeness (QED) is 0.387. The van der Waals surface area contributed by atoms with Gasteiger partial charge in [-0.05, 0) is 13.8 Å². The molecule has 0 spiro atoms. The van der Waals surface area contributed by atoms with Gasteiger partial charge in [0.2, 0.25) is 5.91 Å². The van der Waals surface area contributed by atoms with Gasteiger partial charge in [0.25, 0.3) is 11.8 Å². The molecule has 0 bridgehead atoms. The molecule has 1 heterocycles. The minimum Gasteiger partial charge on any atom is -0.339 e. The Balaban J connectivity index is 2.51. The fourth-order valence-corrected chi connectivity index (χ4v) is 1.60. The molecule has 0 saturated carbocycles. The van der Waals surface area contributed by atoms with E-state index in [2.05, 4.69) is 10.6 Å². The van der Waals surface area contributed by atoms with Gasteiger partial charge in [0.1, 0.15) is 6.04 Å². The fraction of sp³-hybridized carbons (Fsp3) is 0.545. The Morgan fingerprint density at radius 1 is 1.33 bits per heavy atom. The summed E-state index contributed by atoms with van der Waals surface area (Å²) < 4.78 is 0. The number of amides is 3. The molecule has 0 radical (unpaired) electrons. The Labute approximate surface area is 105 Å². The van der Waals surface area contributed by atoms with Crippen LogP contribution in [0.1, 0.15) is 13.8 Å². The van der Waals surface area contributed by atoms with Crippen LogP contribution >= 0.6 is 0 Å². The maximum atomic E-state index is 11.8. The van der Waals surface area contributed by atoms with E-state index in [4.69, 9.17) is 5.73 Å². The molecule has 2 unspecified atom stereocenters. The zero-order valence-electron chi connectivity index (χ0n) is 10.5. The summed E-state index contributed by atoms with van der Waals surface area (Å²) in [5.74, 6) is -1.33. The standard InChI is InChI=1S/C11H18N4O3/c1-7(15-9(16)3-4-10(15)17)11(18)14-8(2)13-6-5-12/h3-4,7-8,13H,5-6,12H2,1-2H3,(H,14,18). The number of nitrogens with one attached hydrogen (secondary N) is 2. The molecule has 0 fully saturated rings. The lowest BCUT2D eigenvalue weighted by Crippen LogP contribution is -2.53. The highest BCUT2D eigenvalue weighted by molar-refractivity contribution is 6.15. The number of imide groups is 1. The smallest absolute Gasteiger partial charge is 0.254 e. The highest BCUT2D eigenvalue weighted by Gasteiger charge is 2.32. The van der Waals surface area contributed by atoms with Gasteiger partial charge in [-0.1, -0.05) is 0 Å². The van der Waals surface area contributed by atoms with Crippen LogP contribution in [0.15, 0.2) is 12.2 Å². The van der Waals surface area contributed by atoms with Crippen LogP contribution in [0.5, 0.6) is 0 Å². The molecule has 0 aromatic carbocycles. The molecule has 0 saturated heterocycles. The lowest BCUT2D eigenvalue weighted by atomic mass is 10.2. The molecule has 3 amide bonds. The average Bonchev–Trinajstić information content (AvgIpc) is 2.65. The Morgan fingerprint density at radius 3 is 2.39 bits per heavy atom. The van der Waals surface area contributed by atoms with Gasteiger partial charge in [0.05, 0.1) is 6.17 Å². The predicted molar refractivity (Wildman–Crippen MR) is 65.1 cm³/mol. The van der Waals surface area contributed by atoms with Gasteiger partial charge in [-0.15, -0.1) is 0 Å². The van der Waals surface area contributed by atoms with E-state index in [0.29, 0.717) is 13.1 Å². The van der Waals surface area contributed by atoms with Crippen molar-refractivity contribution in [3.05, 3.63) is 12.2 Å². The lowest BCUT2D eigenvalue weighted by molar-refractivity contribution is -0.145. The highest BCUT2D eigenvalue weighted by atomic mass is 16.2. The van der Waals surface area contributed by atoms with Gasteiger partial charge in [-0.25, -0.2) is 0 Å². The zero-order chi connectivity index (χ0) is 13.7. The second kappa shape index (κ2) is 6.27. The molecule has 7 nitrogen and oxygen atoms in total. The molecule has 0 aromatic rings. The van der Waals surface area contributed by atoms with E-state index in [0.717, 1.165) is 17.1 Å². The average molecular weight is 254 g/mol. The van der Waals surface area contributed by atoms with Crippen molar-refractivity contribution in [3.8, 4) is 0 Å². The predicted octanol–water partition coefficient (Wildman–Crippen LogP) is -1.69.